The summed E-state index contributed by atoms with van der Waals surface area (Å²) in [7, 11) is 0. The monoisotopic (exact) mass is 844 g/mol. The van der Waals surface area contributed by atoms with E-state index in [-0.39, 0.29) is 0 Å². The summed E-state index contributed by atoms with van der Waals surface area (Å²) in [5.74, 6) is 1.79. The van der Waals surface area contributed by atoms with E-state index in [9.17, 15) is 5.26 Å². The maximum absolute atomic E-state index is 10.2. The van der Waals surface area contributed by atoms with Crippen LogP contribution in [0.15, 0.2) is 206 Å². The van der Waals surface area contributed by atoms with Gasteiger partial charge in [0.15, 0.2) is 17.5 Å². The predicted octanol–water partition coefficient (Wildman–Crippen LogP) is 14.9. The molecule has 0 aliphatic carbocycles. The van der Waals surface area contributed by atoms with Crippen molar-refractivity contribution in [1.82, 2.24) is 24.1 Å². The van der Waals surface area contributed by atoms with E-state index in [4.69, 9.17) is 15.0 Å². The van der Waals surface area contributed by atoms with E-state index in [0.717, 1.165) is 72.4 Å². The lowest BCUT2D eigenvalue weighted by atomic mass is 9.94. The molecule has 0 bridgehead atoms. The van der Waals surface area contributed by atoms with Gasteiger partial charge in [-0.05, 0) is 104 Å². The van der Waals surface area contributed by atoms with Gasteiger partial charge >= 0.3 is 0 Å². The van der Waals surface area contributed by atoms with Crippen LogP contribution in [0.4, 0.5) is 0 Å². The van der Waals surface area contributed by atoms with E-state index in [0.29, 0.717) is 23.0 Å². The van der Waals surface area contributed by atoms with Gasteiger partial charge < -0.3 is 9.13 Å². The lowest BCUT2D eigenvalue weighted by Crippen LogP contribution is -2.02. The van der Waals surface area contributed by atoms with Crippen molar-refractivity contribution in [2.24, 2.45) is 0 Å². The molecule has 0 N–H and O–H groups in total. The Kier molecular flexibility index (Phi) is 9.22. The van der Waals surface area contributed by atoms with Crippen LogP contribution in [0.5, 0.6) is 0 Å². The van der Waals surface area contributed by atoms with Gasteiger partial charge in [-0.15, -0.1) is 0 Å². The molecule has 3 heterocycles. The van der Waals surface area contributed by atoms with Crippen LogP contribution in [0.3, 0.4) is 0 Å². The highest BCUT2D eigenvalue weighted by Gasteiger charge is 2.22. The van der Waals surface area contributed by atoms with Gasteiger partial charge in [-0.25, -0.2) is 15.0 Å². The number of para-hydroxylation sites is 2. The molecule has 6 heteroatoms. The largest absolute Gasteiger partial charge is 0.309 e. The SMILES string of the molecule is Cc1ccc2c(c1)c1ccccc1n2-c1ccc(-c2nc(-c3ccccc3)nc(-c3ccccc3)n2)cc1-c1ccc(-n2c3ccccc3c3cc(C)ccc32)c(-c2cccc(C#N)c2)c1. The van der Waals surface area contributed by atoms with E-state index in [1.807, 2.05) is 78.9 Å². The maximum Gasteiger partial charge on any atom is 0.164 e. The third-order valence-electron chi connectivity index (χ3n) is 12.7. The van der Waals surface area contributed by atoms with Crippen LogP contribution in [-0.2, 0) is 0 Å². The molecule has 0 fully saturated rings. The Bertz CT molecular complexity index is 3850. The Morgan fingerprint density at radius 1 is 0.348 bits per heavy atom. The quantitative estimate of drug-likeness (QED) is 0.160. The maximum atomic E-state index is 10.2. The second-order valence-electron chi connectivity index (χ2n) is 16.9. The molecule has 0 radical (unpaired) electrons. The van der Waals surface area contributed by atoms with E-state index < -0.39 is 0 Å². The summed E-state index contributed by atoms with van der Waals surface area (Å²) in [6.07, 6.45) is 0. The third-order valence-corrected chi connectivity index (χ3v) is 12.7. The van der Waals surface area contributed by atoms with Gasteiger partial charge in [0.05, 0.1) is 45.1 Å². The first-order chi connectivity index (χ1) is 32.5. The number of nitrogens with zero attached hydrogens (tertiary/aromatic N) is 6. The highest BCUT2D eigenvalue weighted by atomic mass is 15.0. The van der Waals surface area contributed by atoms with Crippen LogP contribution in [0.1, 0.15) is 16.7 Å². The molecule has 0 spiro atoms. The van der Waals surface area contributed by atoms with E-state index in [2.05, 4.69) is 156 Å². The van der Waals surface area contributed by atoms with Crippen molar-refractivity contribution in [1.29, 1.82) is 5.26 Å². The van der Waals surface area contributed by atoms with Gasteiger partial charge in [-0.2, -0.15) is 5.26 Å². The number of hydrogen-bond acceptors (Lipinski definition) is 4. The van der Waals surface area contributed by atoms with Crippen LogP contribution in [-0.4, -0.2) is 24.1 Å². The zero-order valence-electron chi connectivity index (χ0n) is 36.3. The molecule has 0 amide bonds. The second kappa shape index (κ2) is 15.7. The Balaban J connectivity index is 1.16. The Hall–Kier alpha value is -8.92. The molecule has 66 heavy (non-hydrogen) atoms. The van der Waals surface area contributed by atoms with Crippen LogP contribution < -0.4 is 0 Å². The summed E-state index contributed by atoms with van der Waals surface area (Å²) in [6.45, 7) is 4.29. The molecule has 0 atom stereocenters. The van der Waals surface area contributed by atoms with Gasteiger partial charge in [-0.1, -0.05) is 139 Å². The highest BCUT2D eigenvalue weighted by Crippen LogP contribution is 2.43. The molecule has 9 aromatic carbocycles. The number of benzene rings is 9. The first kappa shape index (κ1) is 38.7. The van der Waals surface area contributed by atoms with E-state index >= 15 is 0 Å². The minimum atomic E-state index is 0.576. The van der Waals surface area contributed by atoms with Crippen LogP contribution >= 0.6 is 0 Å². The van der Waals surface area contributed by atoms with Crippen LogP contribution in [0.2, 0.25) is 0 Å². The van der Waals surface area contributed by atoms with Gasteiger partial charge in [0.2, 0.25) is 0 Å². The van der Waals surface area contributed by atoms with Crippen molar-refractivity contribution in [3.05, 3.63) is 223 Å². The number of hydrogen-bond donors (Lipinski definition) is 0. The number of aryl methyl sites for hydroxylation is 2. The highest BCUT2D eigenvalue weighted by molar-refractivity contribution is 6.11. The second-order valence-corrected chi connectivity index (χ2v) is 16.9. The van der Waals surface area contributed by atoms with Crippen LogP contribution in [0, 0.1) is 25.2 Å². The molecule has 3 aromatic heterocycles. The Labute approximate surface area is 382 Å². The van der Waals surface area contributed by atoms with Gasteiger partial charge in [0.25, 0.3) is 0 Å². The lowest BCUT2D eigenvalue weighted by molar-refractivity contribution is 1.07. The molecule has 0 unspecified atom stereocenters. The topological polar surface area (TPSA) is 72.3 Å². The summed E-state index contributed by atoms with van der Waals surface area (Å²) < 4.78 is 4.76. The summed E-state index contributed by atoms with van der Waals surface area (Å²) in [4.78, 5) is 15.3. The molecule has 12 aromatic rings. The zero-order valence-corrected chi connectivity index (χ0v) is 36.3. The molecular weight excluding hydrogens is 805 g/mol. The zero-order chi connectivity index (χ0) is 44.3. The van der Waals surface area contributed by atoms with Gasteiger partial charge in [0, 0.05) is 49.4 Å². The fourth-order valence-electron chi connectivity index (χ4n) is 9.62. The fourth-order valence-corrected chi connectivity index (χ4v) is 9.62. The van der Waals surface area contributed by atoms with Gasteiger partial charge in [0.1, 0.15) is 0 Å². The van der Waals surface area contributed by atoms with Crippen molar-refractivity contribution in [3.63, 3.8) is 0 Å². The third kappa shape index (κ3) is 6.53. The van der Waals surface area contributed by atoms with Crippen molar-refractivity contribution in [2.45, 2.75) is 13.8 Å². The lowest BCUT2D eigenvalue weighted by Gasteiger charge is -2.19. The van der Waals surface area contributed by atoms with Crippen molar-refractivity contribution in [2.75, 3.05) is 0 Å². The molecule has 0 aliphatic rings. The van der Waals surface area contributed by atoms with Gasteiger partial charge in [-0.3, -0.25) is 0 Å². The summed E-state index contributed by atoms with van der Waals surface area (Å²) in [6, 6.07) is 74.5. The van der Waals surface area contributed by atoms with Crippen molar-refractivity contribution >= 4 is 43.6 Å². The first-order valence-corrected chi connectivity index (χ1v) is 22.2. The average Bonchev–Trinajstić information content (AvgIpc) is 3.88. The normalized spacial score (nSPS) is 11.5. The smallest absolute Gasteiger partial charge is 0.164 e. The number of aromatic nitrogens is 5. The Morgan fingerprint density at radius 2 is 0.773 bits per heavy atom. The summed E-state index contributed by atoms with van der Waals surface area (Å²) in [5, 5.41) is 15.0. The van der Waals surface area contributed by atoms with Crippen molar-refractivity contribution < 1.29 is 0 Å². The number of nitriles is 1. The number of fused-ring (bicyclic) bond motifs is 6. The Morgan fingerprint density at radius 3 is 1.30 bits per heavy atom. The number of rotatable bonds is 7. The predicted molar refractivity (Wildman–Crippen MR) is 270 cm³/mol. The summed E-state index contributed by atoms with van der Waals surface area (Å²) in [5.41, 5.74) is 16.2. The summed E-state index contributed by atoms with van der Waals surface area (Å²) >= 11 is 0. The minimum absolute atomic E-state index is 0.576. The molecule has 0 saturated heterocycles. The average molecular weight is 845 g/mol. The minimum Gasteiger partial charge on any atom is -0.309 e. The fraction of sp³-hybridized carbons (Fsp3) is 0.0333. The molecule has 12 rings (SSSR count). The molecule has 0 aliphatic heterocycles. The van der Waals surface area contributed by atoms with Crippen LogP contribution in [0.25, 0.3) is 111 Å². The molecular formula is C60H40N6. The standard InChI is InChI=1S/C60H40N6/c1-38-24-28-56-50(32-38)46-20-9-11-22-52(46)65(56)54-30-26-44(35-48(54)43-19-13-14-40(34-43)37-61)49-36-45(27-31-55(49)66-53-23-12-10-21-47(53)51-33-39(2)25-29-57(51)66)60-63-58(41-15-5-3-6-16-41)62-59(64-60)42-17-7-4-8-18-42/h3-36H,1-2H3. The first-order valence-electron chi connectivity index (χ1n) is 22.2. The molecule has 0 saturated carbocycles. The molecule has 310 valence electrons. The van der Waals surface area contributed by atoms with E-state index in [1.165, 1.54) is 32.7 Å². The van der Waals surface area contributed by atoms with Crippen molar-refractivity contribution in [3.8, 4) is 73.9 Å². The van der Waals surface area contributed by atoms with E-state index in [1.54, 1.807) is 0 Å². The molecule has 6 nitrogen and oxygen atoms in total.